The van der Waals surface area contributed by atoms with E-state index in [1.54, 1.807) is 36.8 Å². The van der Waals surface area contributed by atoms with Gasteiger partial charge in [0.25, 0.3) is 5.91 Å². The molecule has 1 amide bonds. The van der Waals surface area contributed by atoms with Gasteiger partial charge in [-0.3, -0.25) is 4.79 Å². The summed E-state index contributed by atoms with van der Waals surface area (Å²) in [5.74, 6) is -1.51. The molecule has 25 heavy (non-hydrogen) atoms. The predicted molar refractivity (Wildman–Crippen MR) is 90.2 cm³/mol. The van der Waals surface area contributed by atoms with E-state index in [2.05, 4.69) is 10.3 Å². The maximum atomic E-state index is 13.8. The average molecular weight is 341 g/mol. The molecule has 1 heterocycles. The second-order valence-electron chi connectivity index (χ2n) is 5.23. The fourth-order valence-electron chi connectivity index (χ4n) is 2.30. The highest BCUT2D eigenvalue weighted by Crippen LogP contribution is 2.26. The largest absolute Gasteiger partial charge is 0.507 e. The number of carbonyl (C=O) groups excluding carboxylic acids is 1. The van der Waals surface area contributed by atoms with Crippen LogP contribution in [0.1, 0.15) is 10.4 Å². The Morgan fingerprint density at radius 3 is 2.84 bits per heavy atom. The van der Waals surface area contributed by atoms with Gasteiger partial charge >= 0.3 is 0 Å². The quantitative estimate of drug-likeness (QED) is 0.722. The number of phenolic OH excluding ortho intramolecular Hbond substituents is 1. The Hall–Kier alpha value is -3.35. The van der Waals surface area contributed by atoms with Gasteiger partial charge in [0, 0.05) is 12.4 Å². The molecule has 0 aliphatic carbocycles. The van der Waals surface area contributed by atoms with Gasteiger partial charge in [0.1, 0.15) is 29.5 Å². The standard InChI is InChI=1S/C18H16FN3O3/c19-13-4-3-6-15(23)17(13)18(24)21-14-5-1-2-7-16(14)25-11-10-22-9-8-20-12-22/h1-9,12,23H,10-11H2,(H,21,24). The average Bonchev–Trinajstić information content (AvgIpc) is 3.10. The Kier molecular flexibility index (Phi) is 4.94. The van der Waals surface area contributed by atoms with Crippen LogP contribution in [0.15, 0.2) is 61.2 Å². The first kappa shape index (κ1) is 16.5. The number of phenols is 1. The molecule has 0 aliphatic heterocycles. The Morgan fingerprint density at radius 2 is 2.08 bits per heavy atom. The van der Waals surface area contributed by atoms with Gasteiger partial charge in [-0.05, 0) is 24.3 Å². The van der Waals surface area contributed by atoms with Crippen molar-refractivity contribution in [3.05, 3.63) is 72.6 Å². The highest BCUT2D eigenvalue weighted by atomic mass is 19.1. The Bertz CT molecular complexity index is 846. The van der Waals surface area contributed by atoms with Crippen LogP contribution in [0.2, 0.25) is 0 Å². The number of carbonyl (C=O) groups is 1. The van der Waals surface area contributed by atoms with Crippen LogP contribution < -0.4 is 10.1 Å². The molecule has 0 aliphatic rings. The van der Waals surface area contributed by atoms with E-state index in [9.17, 15) is 14.3 Å². The molecule has 2 N–H and O–H groups in total. The molecule has 2 aromatic carbocycles. The maximum absolute atomic E-state index is 13.8. The number of para-hydroxylation sites is 2. The number of rotatable bonds is 6. The van der Waals surface area contributed by atoms with E-state index in [4.69, 9.17) is 4.74 Å². The Morgan fingerprint density at radius 1 is 1.24 bits per heavy atom. The van der Waals surface area contributed by atoms with Crippen LogP contribution in [-0.4, -0.2) is 27.2 Å². The van der Waals surface area contributed by atoms with E-state index < -0.39 is 23.0 Å². The molecule has 0 saturated carbocycles. The van der Waals surface area contributed by atoms with Crippen LogP contribution in [-0.2, 0) is 6.54 Å². The fourth-order valence-corrected chi connectivity index (χ4v) is 2.30. The third-order valence-corrected chi connectivity index (χ3v) is 3.52. The number of aromatic hydroxyl groups is 1. The number of amides is 1. The third-order valence-electron chi connectivity index (χ3n) is 3.52. The van der Waals surface area contributed by atoms with E-state index in [0.717, 1.165) is 6.07 Å². The number of hydrogen-bond acceptors (Lipinski definition) is 4. The minimum Gasteiger partial charge on any atom is -0.507 e. The minimum atomic E-state index is -0.795. The number of ether oxygens (including phenoxy) is 1. The van der Waals surface area contributed by atoms with Crippen LogP contribution in [0.4, 0.5) is 10.1 Å². The first-order chi connectivity index (χ1) is 12.1. The first-order valence-corrected chi connectivity index (χ1v) is 7.61. The zero-order chi connectivity index (χ0) is 17.6. The monoisotopic (exact) mass is 341 g/mol. The minimum absolute atomic E-state index is 0.369. The summed E-state index contributed by atoms with van der Waals surface area (Å²) in [5.41, 5.74) is -0.0171. The SMILES string of the molecule is O=C(Nc1ccccc1OCCn1ccnc1)c1c(O)cccc1F. The maximum Gasteiger partial charge on any atom is 0.262 e. The molecule has 0 fully saturated rings. The van der Waals surface area contributed by atoms with Crippen LogP contribution >= 0.6 is 0 Å². The number of benzene rings is 2. The van der Waals surface area contributed by atoms with E-state index in [1.165, 1.54) is 12.1 Å². The molecule has 0 saturated heterocycles. The molecule has 128 valence electrons. The van der Waals surface area contributed by atoms with Crippen LogP contribution in [0, 0.1) is 5.82 Å². The molecule has 0 radical (unpaired) electrons. The van der Waals surface area contributed by atoms with Gasteiger partial charge in [0.05, 0.1) is 18.6 Å². The molecule has 3 rings (SSSR count). The highest BCUT2D eigenvalue weighted by molar-refractivity contribution is 6.07. The second kappa shape index (κ2) is 7.48. The summed E-state index contributed by atoms with van der Waals surface area (Å²) in [7, 11) is 0. The lowest BCUT2D eigenvalue weighted by atomic mass is 10.1. The summed E-state index contributed by atoms with van der Waals surface area (Å²) >= 11 is 0. The normalized spacial score (nSPS) is 10.4. The first-order valence-electron chi connectivity index (χ1n) is 7.61. The van der Waals surface area contributed by atoms with Crippen molar-refractivity contribution in [2.75, 3.05) is 11.9 Å². The summed E-state index contributed by atoms with van der Waals surface area (Å²) in [6.07, 6.45) is 5.17. The number of hydrogen-bond donors (Lipinski definition) is 2. The number of halogens is 1. The lowest BCUT2D eigenvalue weighted by Gasteiger charge is -2.13. The van der Waals surface area contributed by atoms with Gasteiger partial charge in [-0.15, -0.1) is 0 Å². The van der Waals surface area contributed by atoms with Crippen molar-refractivity contribution in [1.82, 2.24) is 9.55 Å². The van der Waals surface area contributed by atoms with Crippen molar-refractivity contribution in [2.24, 2.45) is 0 Å². The van der Waals surface area contributed by atoms with Gasteiger partial charge in [-0.1, -0.05) is 18.2 Å². The zero-order valence-electron chi connectivity index (χ0n) is 13.2. The number of nitrogens with zero attached hydrogens (tertiary/aromatic N) is 2. The molecule has 0 unspecified atom stereocenters. The smallest absolute Gasteiger partial charge is 0.262 e. The van der Waals surface area contributed by atoms with Gasteiger partial charge in [-0.25, -0.2) is 9.37 Å². The van der Waals surface area contributed by atoms with E-state index in [-0.39, 0.29) is 0 Å². The number of nitrogens with one attached hydrogen (secondary N) is 1. The number of imidazole rings is 1. The van der Waals surface area contributed by atoms with E-state index in [1.807, 2.05) is 10.8 Å². The van der Waals surface area contributed by atoms with Crippen molar-refractivity contribution in [2.45, 2.75) is 6.54 Å². The van der Waals surface area contributed by atoms with Crippen molar-refractivity contribution >= 4 is 11.6 Å². The molecule has 1 aromatic heterocycles. The van der Waals surface area contributed by atoms with Crippen LogP contribution in [0.25, 0.3) is 0 Å². The molecule has 3 aromatic rings. The van der Waals surface area contributed by atoms with Gasteiger partial charge in [0.15, 0.2) is 0 Å². The van der Waals surface area contributed by atoms with Crippen molar-refractivity contribution in [3.8, 4) is 11.5 Å². The third kappa shape index (κ3) is 3.95. The summed E-state index contributed by atoms with van der Waals surface area (Å²) < 4.78 is 21.4. The Labute approximate surface area is 143 Å². The lowest BCUT2D eigenvalue weighted by Crippen LogP contribution is -2.15. The van der Waals surface area contributed by atoms with Gasteiger partial charge in [0.2, 0.25) is 0 Å². The number of aromatic nitrogens is 2. The summed E-state index contributed by atoms with van der Waals surface area (Å²) in [5, 5.41) is 12.3. The topological polar surface area (TPSA) is 76.4 Å². The van der Waals surface area contributed by atoms with Crippen molar-refractivity contribution < 1.29 is 19.0 Å². The molecule has 0 atom stereocenters. The molecule has 0 spiro atoms. The van der Waals surface area contributed by atoms with Gasteiger partial charge < -0.3 is 19.7 Å². The summed E-state index contributed by atoms with van der Waals surface area (Å²) in [6, 6.07) is 10.5. The second-order valence-corrected chi connectivity index (χ2v) is 5.23. The highest BCUT2D eigenvalue weighted by Gasteiger charge is 2.18. The zero-order valence-corrected chi connectivity index (χ0v) is 13.2. The molecule has 6 nitrogen and oxygen atoms in total. The number of anilines is 1. The van der Waals surface area contributed by atoms with Crippen molar-refractivity contribution in [1.29, 1.82) is 0 Å². The van der Waals surface area contributed by atoms with E-state index in [0.29, 0.717) is 24.6 Å². The molecular formula is C18H16FN3O3. The van der Waals surface area contributed by atoms with Crippen molar-refractivity contribution in [3.63, 3.8) is 0 Å². The van der Waals surface area contributed by atoms with Crippen LogP contribution in [0.5, 0.6) is 11.5 Å². The van der Waals surface area contributed by atoms with Crippen LogP contribution in [0.3, 0.4) is 0 Å². The predicted octanol–water partition coefficient (Wildman–Crippen LogP) is 3.06. The Balaban J connectivity index is 1.71. The fraction of sp³-hybridized carbons (Fsp3) is 0.111. The lowest BCUT2D eigenvalue weighted by molar-refractivity contribution is 0.102. The summed E-state index contributed by atoms with van der Waals surface area (Å²) in [4.78, 5) is 16.2. The molecular weight excluding hydrogens is 325 g/mol. The van der Waals surface area contributed by atoms with Gasteiger partial charge in [-0.2, -0.15) is 0 Å². The summed E-state index contributed by atoms with van der Waals surface area (Å²) in [6.45, 7) is 0.963. The van der Waals surface area contributed by atoms with E-state index >= 15 is 0 Å². The molecule has 7 heteroatoms. The molecule has 0 bridgehead atoms.